The first-order valence-electron chi connectivity index (χ1n) is 9.26. The standard InChI is InChI=1S/C21H22N4OS/c1-2-25-19(16-12-13-16)23-24-21(25)27-14-15-8-10-17(11-9-15)20(26)22-18-6-4-3-5-7-18/h3-11,16H,2,12-14H2,1H3,(H,22,26). The van der Waals surface area contributed by atoms with Gasteiger partial charge in [0.2, 0.25) is 0 Å². The number of aromatic nitrogens is 3. The van der Waals surface area contributed by atoms with Gasteiger partial charge in [-0.3, -0.25) is 4.79 Å². The summed E-state index contributed by atoms with van der Waals surface area (Å²) in [6.45, 7) is 3.04. The molecule has 0 saturated heterocycles. The number of hydrogen-bond acceptors (Lipinski definition) is 4. The fourth-order valence-corrected chi connectivity index (χ4v) is 3.94. The Balaban J connectivity index is 1.37. The Hall–Kier alpha value is -2.60. The molecule has 0 aliphatic heterocycles. The largest absolute Gasteiger partial charge is 0.322 e. The Kier molecular flexibility index (Phi) is 5.25. The lowest BCUT2D eigenvalue weighted by molar-refractivity contribution is 0.102. The second-order valence-corrected chi connectivity index (χ2v) is 7.61. The van der Waals surface area contributed by atoms with Crippen LogP contribution in [0.1, 0.15) is 47.4 Å². The normalized spacial score (nSPS) is 13.5. The lowest BCUT2D eigenvalue weighted by Gasteiger charge is -2.08. The van der Waals surface area contributed by atoms with E-state index in [1.807, 2.05) is 54.6 Å². The van der Waals surface area contributed by atoms with Crippen molar-refractivity contribution in [3.05, 3.63) is 71.5 Å². The minimum Gasteiger partial charge on any atom is -0.322 e. The summed E-state index contributed by atoms with van der Waals surface area (Å²) >= 11 is 1.70. The second-order valence-electron chi connectivity index (χ2n) is 6.67. The fraction of sp³-hybridized carbons (Fsp3) is 0.286. The zero-order valence-electron chi connectivity index (χ0n) is 15.3. The average molecular weight is 379 g/mol. The van der Waals surface area contributed by atoms with E-state index in [0.29, 0.717) is 11.5 Å². The SMILES string of the molecule is CCn1c(SCc2ccc(C(=O)Nc3ccccc3)cc2)nnc1C1CC1. The van der Waals surface area contributed by atoms with Crippen molar-refractivity contribution in [2.24, 2.45) is 0 Å². The summed E-state index contributed by atoms with van der Waals surface area (Å²) in [7, 11) is 0. The molecular weight excluding hydrogens is 356 g/mol. The fourth-order valence-electron chi connectivity index (χ4n) is 2.97. The molecule has 3 aromatic rings. The van der Waals surface area contributed by atoms with Crippen molar-refractivity contribution in [2.45, 2.75) is 43.1 Å². The quantitative estimate of drug-likeness (QED) is 0.604. The smallest absolute Gasteiger partial charge is 0.255 e. The lowest BCUT2D eigenvalue weighted by Crippen LogP contribution is -2.11. The van der Waals surface area contributed by atoms with Crippen LogP contribution in [-0.4, -0.2) is 20.7 Å². The van der Waals surface area contributed by atoms with Crippen LogP contribution in [-0.2, 0) is 12.3 Å². The van der Waals surface area contributed by atoms with Crippen molar-refractivity contribution in [3.63, 3.8) is 0 Å². The summed E-state index contributed by atoms with van der Waals surface area (Å²) in [5.41, 5.74) is 2.61. The van der Waals surface area contributed by atoms with Crippen LogP contribution in [0.3, 0.4) is 0 Å². The molecule has 4 rings (SSSR count). The number of para-hydroxylation sites is 1. The summed E-state index contributed by atoms with van der Waals surface area (Å²) in [5, 5.41) is 12.6. The van der Waals surface area contributed by atoms with E-state index >= 15 is 0 Å². The van der Waals surface area contributed by atoms with Gasteiger partial charge in [-0.25, -0.2) is 0 Å². The first-order valence-corrected chi connectivity index (χ1v) is 10.2. The maximum Gasteiger partial charge on any atom is 0.255 e. The molecule has 0 unspecified atom stereocenters. The van der Waals surface area contributed by atoms with E-state index < -0.39 is 0 Å². The average Bonchev–Trinajstić information content (AvgIpc) is 3.47. The predicted octanol–water partition coefficient (Wildman–Crippen LogP) is 4.72. The summed E-state index contributed by atoms with van der Waals surface area (Å²) in [5.74, 6) is 2.45. The van der Waals surface area contributed by atoms with Gasteiger partial charge in [-0.15, -0.1) is 10.2 Å². The summed E-state index contributed by atoms with van der Waals surface area (Å²) in [6.07, 6.45) is 2.46. The van der Waals surface area contributed by atoms with Gasteiger partial charge in [0.1, 0.15) is 5.82 Å². The number of anilines is 1. The molecule has 1 heterocycles. The van der Waals surface area contributed by atoms with E-state index in [1.54, 1.807) is 11.8 Å². The van der Waals surface area contributed by atoms with E-state index in [-0.39, 0.29) is 5.91 Å². The van der Waals surface area contributed by atoms with Crippen LogP contribution in [0, 0.1) is 0 Å². The molecule has 1 N–H and O–H groups in total. The number of nitrogens with zero attached hydrogens (tertiary/aromatic N) is 3. The molecule has 0 bridgehead atoms. The number of benzene rings is 2. The molecule has 0 atom stereocenters. The van der Waals surface area contributed by atoms with Crippen molar-refractivity contribution in [2.75, 3.05) is 5.32 Å². The third-order valence-electron chi connectivity index (χ3n) is 4.62. The van der Waals surface area contributed by atoms with Crippen LogP contribution in [0.2, 0.25) is 0 Å². The van der Waals surface area contributed by atoms with E-state index in [4.69, 9.17) is 0 Å². The van der Waals surface area contributed by atoms with E-state index in [1.165, 1.54) is 12.8 Å². The van der Waals surface area contributed by atoms with Crippen molar-refractivity contribution in [1.82, 2.24) is 14.8 Å². The Morgan fingerprint density at radius 1 is 1.11 bits per heavy atom. The molecule has 1 fully saturated rings. The second kappa shape index (κ2) is 7.96. The molecule has 0 spiro atoms. The minimum absolute atomic E-state index is 0.0970. The van der Waals surface area contributed by atoms with Gasteiger partial charge in [0, 0.05) is 29.5 Å². The van der Waals surface area contributed by atoms with Crippen LogP contribution in [0.15, 0.2) is 59.8 Å². The molecule has 1 aromatic heterocycles. The lowest BCUT2D eigenvalue weighted by atomic mass is 10.1. The van der Waals surface area contributed by atoms with Gasteiger partial charge in [0.05, 0.1) is 0 Å². The number of hydrogen-bond donors (Lipinski definition) is 1. The third-order valence-corrected chi connectivity index (χ3v) is 5.66. The Morgan fingerprint density at radius 3 is 2.52 bits per heavy atom. The zero-order chi connectivity index (χ0) is 18.6. The number of carbonyl (C=O) groups excluding carboxylic acids is 1. The molecule has 1 aliphatic rings. The van der Waals surface area contributed by atoms with Crippen molar-refractivity contribution in [3.8, 4) is 0 Å². The van der Waals surface area contributed by atoms with Crippen LogP contribution >= 0.6 is 11.8 Å². The van der Waals surface area contributed by atoms with Gasteiger partial charge in [-0.05, 0) is 49.6 Å². The van der Waals surface area contributed by atoms with E-state index in [0.717, 1.165) is 34.5 Å². The number of carbonyl (C=O) groups is 1. The summed E-state index contributed by atoms with van der Waals surface area (Å²) < 4.78 is 2.23. The molecule has 0 radical (unpaired) electrons. The Labute approximate surface area is 163 Å². The maximum atomic E-state index is 12.3. The number of rotatable bonds is 7. The van der Waals surface area contributed by atoms with Crippen LogP contribution in [0.4, 0.5) is 5.69 Å². The molecular formula is C21H22N4OS. The minimum atomic E-state index is -0.0970. The van der Waals surface area contributed by atoms with Crippen LogP contribution in [0.5, 0.6) is 0 Å². The molecule has 6 heteroatoms. The van der Waals surface area contributed by atoms with Crippen LogP contribution < -0.4 is 5.32 Å². The molecule has 27 heavy (non-hydrogen) atoms. The van der Waals surface area contributed by atoms with Gasteiger partial charge < -0.3 is 9.88 Å². The maximum absolute atomic E-state index is 12.3. The molecule has 5 nitrogen and oxygen atoms in total. The van der Waals surface area contributed by atoms with Crippen LogP contribution in [0.25, 0.3) is 0 Å². The van der Waals surface area contributed by atoms with Gasteiger partial charge in [-0.2, -0.15) is 0 Å². The number of thioether (sulfide) groups is 1. The number of amides is 1. The Bertz CT molecular complexity index is 917. The predicted molar refractivity (Wildman–Crippen MR) is 108 cm³/mol. The summed E-state index contributed by atoms with van der Waals surface area (Å²) in [4.78, 5) is 12.3. The van der Waals surface area contributed by atoms with Crippen molar-refractivity contribution < 1.29 is 4.79 Å². The molecule has 2 aromatic carbocycles. The third kappa shape index (κ3) is 4.22. The van der Waals surface area contributed by atoms with Gasteiger partial charge in [0.15, 0.2) is 5.16 Å². The van der Waals surface area contributed by atoms with Crippen molar-refractivity contribution in [1.29, 1.82) is 0 Å². The highest BCUT2D eigenvalue weighted by molar-refractivity contribution is 7.98. The van der Waals surface area contributed by atoms with Gasteiger partial charge in [0.25, 0.3) is 5.91 Å². The van der Waals surface area contributed by atoms with Gasteiger partial charge >= 0.3 is 0 Å². The van der Waals surface area contributed by atoms with E-state index in [2.05, 4.69) is 27.0 Å². The number of nitrogens with one attached hydrogen (secondary N) is 1. The first-order chi connectivity index (χ1) is 13.2. The first kappa shape index (κ1) is 17.8. The zero-order valence-corrected chi connectivity index (χ0v) is 16.1. The topological polar surface area (TPSA) is 59.8 Å². The Morgan fingerprint density at radius 2 is 1.85 bits per heavy atom. The molecule has 138 valence electrons. The highest BCUT2D eigenvalue weighted by Crippen LogP contribution is 2.40. The highest BCUT2D eigenvalue weighted by Gasteiger charge is 2.29. The monoisotopic (exact) mass is 378 g/mol. The highest BCUT2D eigenvalue weighted by atomic mass is 32.2. The molecule has 1 saturated carbocycles. The van der Waals surface area contributed by atoms with Gasteiger partial charge in [-0.1, -0.05) is 42.1 Å². The van der Waals surface area contributed by atoms with E-state index in [9.17, 15) is 4.79 Å². The van der Waals surface area contributed by atoms with Crippen molar-refractivity contribution >= 4 is 23.4 Å². The molecule has 1 aliphatic carbocycles. The summed E-state index contributed by atoms with van der Waals surface area (Å²) in [6, 6.07) is 17.2. The molecule has 1 amide bonds.